The van der Waals surface area contributed by atoms with Crippen molar-refractivity contribution in [3.8, 4) is 0 Å². The zero-order chi connectivity index (χ0) is 15.3. The van der Waals surface area contributed by atoms with Crippen LogP contribution in [-0.4, -0.2) is 38.9 Å². The molecule has 21 heavy (non-hydrogen) atoms. The molecule has 1 aromatic rings. The summed E-state index contributed by atoms with van der Waals surface area (Å²) < 4.78 is 29.0. The summed E-state index contributed by atoms with van der Waals surface area (Å²) in [6.07, 6.45) is 1.90. The molecule has 0 amide bonds. The molecule has 3 N–H and O–H groups in total. The van der Waals surface area contributed by atoms with Gasteiger partial charge in [0.15, 0.2) is 0 Å². The van der Waals surface area contributed by atoms with Crippen molar-refractivity contribution < 1.29 is 8.42 Å². The van der Waals surface area contributed by atoms with Gasteiger partial charge in [-0.3, -0.25) is 0 Å². The molecule has 0 aliphatic carbocycles. The first-order chi connectivity index (χ1) is 10.0. The second-order valence-corrected chi connectivity index (χ2v) is 7.52. The maximum absolute atomic E-state index is 12.4. The van der Waals surface area contributed by atoms with Crippen LogP contribution in [0.15, 0.2) is 30.3 Å². The lowest BCUT2D eigenvalue weighted by molar-refractivity contribution is 0.268. The van der Waals surface area contributed by atoms with Crippen molar-refractivity contribution in [3.05, 3.63) is 35.9 Å². The first-order valence-electron chi connectivity index (χ1n) is 7.52. The van der Waals surface area contributed by atoms with Crippen LogP contribution < -0.4 is 10.5 Å². The largest absolute Gasteiger partial charge is 0.330 e. The van der Waals surface area contributed by atoms with E-state index in [0.717, 1.165) is 18.4 Å². The molecule has 1 aliphatic heterocycles. The van der Waals surface area contributed by atoms with Crippen LogP contribution in [0.5, 0.6) is 0 Å². The molecule has 0 spiro atoms. The van der Waals surface area contributed by atoms with Gasteiger partial charge in [-0.1, -0.05) is 37.3 Å². The predicted octanol–water partition coefficient (Wildman–Crippen LogP) is 1.30. The van der Waals surface area contributed by atoms with Crippen molar-refractivity contribution in [3.63, 3.8) is 0 Å². The Morgan fingerprint density at radius 1 is 1.38 bits per heavy atom. The Hall–Kier alpha value is -0.950. The van der Waals surface area contributed by atoms with Crippen LogP contribution in [0.1, 0.15) is 31.2 Å². The zero-order valence-corrected chi connectivity index (χ0v) is 13.3. The number of nitrogens with one attached hydrogen (secondary N) is 1. The number of benzene rings is 1. The van der Waals surface area contributed by atoms with Crippen LogP contribution in [0, 0.1) is 5.92 Å². The van der Waals surface area contributed by atoms with E-state index in [9.17, 15) is 8.42 Å². The summed E-state index contributed by atoms with van der Waals surface area (Å²) in [7, 11) is -3.40. The Labute approximate surface area is 127 Å². The van der Waals surface area contributed by atoms with E-state index in [-0.39, 0.29) is 11.8 Å². The summed E-state index contributed by atoms with van der Waals surface area (Å²) >= 11 is 0. The van der Waals surface area contributed by atoms with Crippen molar-refractivity contribution in [2.45, 2.75) is 25.7 Å². The predicted molar refractivity (Wildman–Crippen MR) is 85.1 cm³/mol. The third-order valence-electron chi connectivity index (χ3n) is 4.10. The minimum Gasteiger partial charge on any atom is -0.330 e. The molecule has 1 saturated heterocycles. The van der Waals surface area contributed by atoms with E-state index in [0.29, 0.717) is 26.2 Å². The van der Waals surface area contributed by atoms with Gasteiger partial charge in [-0.05, 0) is 36.8 Å². The molecule has 2 atom stereocenters. The van der Waals surface area contributed by atoms with E-state index in [2.05, 4.69) is 4.72 Å². The fourth-order valence-corrected chi connectivity index (χ4v) is 4.08. The van der Waals surface area contributed by atoms with Crippen molar-refractivity contribution in [1.82, 2.24) is 9.03 Å². The smallest absolute Gasteiger partial charge is 0.279 e. The molecule has 2 unspecified atom stereocenters. The minimum absolute atomic E-state index is 0.149. The summed E-state index contributed by atoms with van der Waals surface area (Å²) in [6, 6.07) is 9.93. The highest BCUT2D eigenvalue weighted by Gasteiger charge is 2.28. The van der Waals surface area contributed by atoms with Gasteiger partial charge in [0, 0.05) is 19.6 Å². The lowest BCUT2D eigenvalue weighted by atomic mass is 10.0. The summed E-state index contributed by atoms with van der Waals surface area (Å²) in [4.78, 5) is 0. The quantitative estimate of drug-likeness (QED) is 0.831. The van der Waals surface area contributed by atoms with Crippen LogP contribution in [-0.2, 0) is 10.2 Å². The van der Waals surface area contributed by atoms with E-state index in [1.165, 1.54) is 4.31 Å². The fraction of sp³-hybridized carbons (Fsp3) is 0.600. The molecule has 0 saturated carbocycles. The monoisotopic (exact) mass is 311 g/mol. The van der Waals surface area contributed by atoms with Crippen molar-refractivity contribution in [1.29, 1.82) is 0 Å². The number of hydrogen-bond donors (Lipinski definition) is 2. The van der Waals surface area contributed by atoms with Gasteiger partial charge in [-0.2, -0.15) is 12.7 Å². The molecule has 6 heteroatoms. The molecular weight excluding hydrogens is 286 g/mol. The third kappa shape index (κ3) is 4.51. The maximum Gasteiger partial charge on any atom is 0.279 e. The Morgan fingerprint density at radius 3 is 2.76 bits per heavy atom. The number of rotatable bonds is 6. The van der Waals surface area contributed by atoms with Crippen LogP contribution in [0.4, 0.5) is 0 Å². The molecule has 0 radical (unpaired) electrons. The van der Waals surface area contributed by atoms with Gasteiger partial charge < -0.3 is 5.73 Å². The maximum atomic E-state index is 12.4. The molecule has 2 rings (SSSR count). The molecule has 0 aromatic heterocycles. The van der Waals surface area contributed by atoms with Gasteiger partial charge >= 0.3 is 0 Å². The molecule has 1 fully saturated rings. The lowest BCUT2D eigenvalue weighted by Gasteiger charge is -2.31. The number of nitrogens with two attached hydrogens (primary N) is 1. The first-order valence-corrected chi connectivity index (χ1v) is 8.96. The first kappa shape index (κ1) is 16.4. The normalized spacial score (nSPS) is 22.1. The molecule has 5 nitrogen and oxygen atoms in total. The van der Waals surface area contributed by atoms with Gasteiger partial charge in [0.25, 0.3) is 10.2 Å². The van der Waals surface area contributed by atoms with Gasteiger partial charge in [0.1, 0.15) is 0 Å². The Balaban J connectivity index is 1.92. The second-order valence-electron chi connectivity index (χ2n) is 5.77. The average Bonchev–Trinajstić information content (AvgIpc) is 2.53. The molecule has 118 valence electrons. The summed E-state index contributed by atoms with van der Waals surface area (Å²) in [5.74, 6) is 0.429. The Kier molecular flexibility index (Phi) is 5.75. The summed E-state index contributed by atoms with van der Waals surface area (Å²) in [5, 5.41) is 0. The molecule has 1 aromatic carbocycles. The lowest BCUT2D eigenvalue weighted by Crippen LogP contribution is -2.47. The SMILES string of the molecule is CC(CNS(=O)(=O)N1CCCC(CN)C1)c1ccccc1. The number of hydrogen-bond acceptors (Lipinski definition) is 3. The Morgan fingerprint density at radius 2 is 2.10 bits per heavy atom. The molecular formula is C15H25N3O2S. The van der Waals surface area contributed by atoms with E-state index >= 15 is 0 Å². The molecule has 1 aliphatic rings. The second kappa shape index (κ2) is 7.35. The van der Waals surface area contributed by atoms with E-state index in [1.807, 2.05) is 37.3 Å². The fourth-order valence-electron chi connectivity index (χ4n) is 2.66. The molecule has 0 bridgehead atoms. The van der Waals surface area contributed by atoms with Crippen LogP contribution in [0.25, 0.3) is 0 Å². The average molecular weight is 311 g/mol. The van der Waals surface area contributed by atoms with Crippen LogP contribution >= 0.6 is 0 Å². The summed E-state index contributed by atoms with van der Waals surface area (Å²) in [5.41, 5.74) is 6.80. The van der Waals surface area contributed by atoms with Crippen molar-refractivity contribution in [2.75, 3.05) is 26.2 Å². The van der Waals surface area contributed by atoms with Crippen molar-refractivity contribution in [2.24, 2.45) is 11.7 Å². The van der Waals surface area contributed by atoms with Gasteiger partial charge in [0.05, 0.1) is 0 Å². The van der Waals surface area contributed by atoms with E-state index < -0.39 is 10.2 Å². The van der Waals surface area contributed by atoms with Gasteiger partial charge in [-0.15, -0.1) is 0 Å². The standard InChI is InChI=1S/C15H25N3O2S/c1-13(15-7-3-2-4-8-15)11-17-21(19,20)18-9-5-6-14(10-16)12-18/h2-4,7-8,13-14,17H,5-6,9-12,16H2,1H3. The van der Waals surface area contributed by atoms with E-state index in [1.54, 1.807) is 0 Å². The van der Waals surface area contributed by atoms with Crippen molar-refractivity contribution >= 4 is 10.2 Å². The number of piperidine rings is 1. The molecule has 1 heterocycles. The topological polar surface area (TPSA) is 75.4 Å². The summed E-state index contributed by atoms with van der Waals surface area (Å²) in [6.45, 7) is 4.11. The minimum atomic E-state index is -3.40. The van der Waals surface area contributed by atoms with Gasteiger partial charge in [0.2, 0.25) is 0 Å². The third-order valence-corrected chi connectivity index (χ3v) is 5.64. The Bertz CT molecular complexity index is 533. The van der Waals surface area contributed by atoms with Crippen LogP contribution in [0.3, 0.4) is 0 Å². The van der Waals surface area contributed by atoms with E-state index in [4.69, 9.17) is 5.73 Å². The highest BCUT2D eigenvalue weighted by Crippen LogP contribution is 2.18. The highest BCUT2D eigenvalue weighted by molar-refractivity contribution is 7.87. The zero-order valence-electron chi connectivity index (χ0n) is 12.5. The van der Waals surface area contributed by atoms with Gasteiger partial charge in [-0.25, -0.2) is 4.72 Å². The van der Waals surface area contributed by atoms with Crippen LogP contribution in [0.2, 0.25) is 0 Å². The highest BCUT2D eigenvalue weighted by atomic mass is 32.2. The number of nitrogens with zero attached hydrogens (tertiary/aromatic N) is 1.